The summed E-state index contributed by atoms with van der Waals surface area (Å²) in [6.45, 7) is 0.929. The van der Waals surface area contributed by atoms with Crippen molar-refractivity contribution in [3.05, 3.63) is 11.4 Å². The molecule has 0 aromatic rings. The summed E-state index contributed by atoms with van der Waals surface area (Å²) in [5, 5.41) is 3.31. The van der Waals surface area contributed by atoms with Gasteiger partial charge in [-0.25, -0.2) is 0 Å². The van der Waals surface area contributed by atoms with Gasteiger partial charge in [0.25, 0.3) is 0 Å². The van der Waals surface area contributed by atoms with Crippen LogP contribution >= 0.6 is 0 Å². The van der Waals surface area contributed by atoms with E-state index < -0.39 is 0 Å². The van der Waals surface area contributed by atoms with Gasteiger partial charge in [-0.3, -0.25) is 4.99 Å². The first-order valence-electron chi connectivity index (χ1n) is 3.45. The molecule has 0 radical (unpaired) electrons. The van der Waals surface area contributed by atoms with Crippen molar-refractivity contribution >= 4 is 6.21 Å². The zero-order valence-corrected chi connectivity index (χ0v) is 5.35. The van der Waals surface area contributed by atoms with Crippen molar-refractivity contribution in [1.82, 2.24) is 5.32 Å². The van der Waals surface area contributed by atoms with E-state index in [-0.39, 0.29) is 0 Å². The second-order valence-electron chi connectivity index (χ2n) is 2.47. The van der Waals surface area contributed by atoms with E-state index >= 15 is 0 Å². The molecule has 0 amide bonds. The number of nitrogens with one attached hydrogen (secondary N) is 1. The Morgan fingerprint density at radius 1 is 1.44 bits per heavy atom. The lowest BCUT2D eigenvalue weighted by atomic mass is 10.3. The summed E-state index contributed by atoms with van der Waals surface area (Å²) in [7, 11) is 0. The number of nitrogens with zero attached hydrogens (tertiary/aromatic N) is 1. The SMILES string of the molecule is C1=NC2=C(CCC2)NC1. The third-order valence-corrected chi connectivity index (χ3v) is 1.84. The molecular formula is C7H10N2. The maximum Gasteiger partial charge on any atom is 0.0589 e. The summed E-state index contributed by atoms with van der Waals surface area (Å²) < 4.78 is 0. The highest BCUT2D eigenvalue weighted by Crippen LogP contribution is 2.25. The lowest BCUT2D eigenvalue weighted by Gasteiger charge is -2.08. The van der Waals surface area contributed by atoms with Crippen molar-refractivity contribution in [3.8, 4) is 0 Å². The van der Waals surface area contributed by atoms with Gasteiger partial charge in [-0.2, -0.15) is 0 Å². The van der Waals surface area contributed by atoms with Crippen LogP contribution in [0.4, 0.5) is 0 Å². The predicted molar refractivity (Wildman–Crippen MR) is 37.4 cm³/mol. The van der Waals surface area contributed by atoms with E-state index in [0.717, 1.165) is 6.54 Å². The van der Waals surface area contributed by atoms with Crippen LogP contribution < -0.4 is 5.32 Å². The van der Waals surface area contributed by atoms with Crippen molar-refractivity contribution in [1.29, 1.82) is 0 Å². The normalized spacial score (nSPS) is 24.0. The predicted octanol–water partition coefficient (Wildman–Crippen LogP) is 1.06. The van der Waals surface area contributed by atoms with Gasteiger partial charge in [0.15, 0.2) is 0 Å². The molecule has 0 aromatic heterocycles. The molecule has 0 bridgehead atoms. The Hall–Kier alpha value is -0.790. The standard InChI is InChI=1S/C7H10N2/c1-2-6-7(3-1)9-5-4-8-6/h4,9H,1-3,5H2. The molecule has 0 fully saturated rings. The average molecular weight is 122 g/mol. The summed E-state index contributed by atoms with van der Waals surface area (Å²) >= 11 is 0. The zero-order chi connectivity index (χ0) is 6.10. The van der Waals surface area contributed by atoms with Gasteiger partial charge in [-0.1, -0.05) is 0 Å². The van der Waals surface area contributed by atoms with Crippen LogP contribution in [0.15, 0.2) is 16.4 Å². The second-order valence-corrected chi connectivity index (χ2v) is 2.47. The van der Waals surface area contributed by atoms with Crippen LogP contribution in [-0.4, -0.2) is 12.8 Å². The fourth-order valence-electron chi connectivity index (χ4n) is 1.39. The molecule has 2 rings (SSSR count). The summed E-state index contributed by atoms with van der Waals surface area (Å²) in [6.07, 6.45) is 5.63. The molecule has 0 spiro atoms. The van der Waals surface area contributed by atoms with E-state index in [1.807, 2.05) is 6.21 Å². The summed E-state index contributed by atoms with van der Waals surface area (Å²) in [5.41, 5.74) is 2.68. The molecule has 1 aliphatic carbocycles. The first kappa shape index (κ1) is 5.03. The number of allylic oxidation sites excluding steroid dienone is 2. The van der Waals surface area contributed by atoms with Crippen LogP contribution in [0.1, 0.15) is 19.3 Å². The lowest BCUT2D eigenvalue weighted by Crippen LogP contribution is -2.18. The van der Waals surface area contributed by atoms with Crippen molar-refractivity contribution in [2.24, 2.45) is 4.99 Å². The van der Waals surface area contributed by atoms with Gasteiger partial charge < -0.3 is 5.32 Å². The third kappa shape index (κ3) is 0.745. The van der Waals surface area contributed by atoms with E-state index in [4.69, 9.17) is 0 Å². The first-order valence-corrected chi connectivity index (χ1v) is 3.45. The summed E-state index contributed by atoms with van der Waals surface area (Å²) in [5.74, 6) is 0. The molecule has 0 saturated carbocycles. The number of rotatable bonds is 0. The van der Waals surface area contributed by atoms with Crippen LogP contribution in [-0.2, 0) is 0 Å². The fraction of sp³-hybridized carbons (Fsp3) is 0.571. The molecular weight excluding hydrogens is 112 g/mol. The van der Waals surface area contributed by atoms with Crippen LogP contribution in [0.2, 0.25) is 0 Å². The van der Waals surface area contributed by atoms with Crippen molar-refractivity contribution in [2.75, 3.05) is 6.54 Å². The quantitative estimate of drug-likeness (QED) is 0.510. The monoisotopic (exact) mass is 122 g/mol. The summed E-state index contributed by atoms with van der Waals surface area (Å²) in [4.78, 5) is 4.28. The molecule has 0 unspecified atom stereocenters. The Kier molecular flexibility index (Phi) is 1.04. The molecule has 0 saturated heterocycles. The Labute approximate surface area is 54.7 Å². The van der Waals surface area contributed by atoms with Gasteiger partial charge in [0.05, 0.1) is 12.2 Å². The number of aliphatic imine (C=N–C) groups is 1. The van der Waals surface area contributed by atoms with Crippen LogP contribution in [0.25, 0.3) is 0 Å². The third-order valence-electron chi connectivity index (χ3n) is 1.84. The number of hydrogen-bond donors (Lipinski definition) is 1. The van der Waals surface area contributed by atoms with E-state index in [9.17, 15) is 0 Å². The molecule has 2 heteroatoms. The van der Waals surface area contributed by atoms with Crippen LogP contribution in [0.3, 0.4) is 0 Å². The first-order chi connectivity index (χ1) is 4.47. The minimum absolute atomic E-state index is 0.929. The molecule has 1 aliphatic heterocycles. The Balaban J connectivity index is 2.28. The Morgan fingerprint density at radius 2 is 2.44 bits per heavy atom. The van der Waals surface area contributed by atoms with E-state index in [0.29, 0.717) is 0 Å². The molecule has 2 aliphatic rings. The van der Waals surface area contributed by atoms with Crippen LogP contribution in [0, 0.1) is 0 Å². The fourth-order valence-corrected chi connectivity index (χ4v) is 1.39. The highest BCUT2D eigenvalue weighted by molar-refractivity contribution is 5.63. The molecule has 1 heterocycles. The van der Waals surface area contributed by atoms with Gasteiger partial charge in [0.2, 0.25) is 0 Å². The topological polar surface area (TPSA) is 24.4 Å². The van der Waals surface area contributed by atoms with E-state index in [2.05, 4.69) is 10.3 Å². The highest BCUT2D eigenvalue weighted by Gasteiger charge is 2.14. The number of hydrogen-bond acceptors (Lipinski definition) is 2. The maximum absolute atomic E-state index is 4.28. The van der Waals surface area contributed by atoms with Crippen molar-refractivity contribution in [3.63, 3.8) is 0 Å². The van der Waals surface area contributed by atoms with Gasteiger partial charge >= 0.3 is 0 Å². The molecule has 2 nitrogen and oxygen atoms in total. The molecule has 0 atom stereocenters. The Morgan fingerprint density at radius 3 is 3.33 bits per heavy atom. The largest absolute Gasteiger partial charge is 0.382 e. The average Bonchev–Trinajstić information content (AvgIpc) is 2.33. The second kappa shape index (κ2) is 1.87. The zero-order valence-electron chi connectivity index (χ0n) is 5.35. The van der Waals surface area contributed by atoms with E-state index in [1.165, 1.54) is 30.7 Å². The van der Waals surface area contributed by atoms with Crippen LogP contribution in [0.5, 0.6) is 0 Å². The van der Waals surface area contributed by atoms with Gasteiger partial charge in [0, 0.05) is 11.9 Å². The molecule has 0 aromatic carbocycles. The summed E-state index contributed by atoms with van der Waals surface area (Å²) in [6, 6.07) is 0. The van der Waals surface area contributed by atoms with Crippen molar-refractivity contribution < 1.29 is 0 Å². The van der Waals surface area contributed by atoms with Gasteiger partial charge in [0.1, 0.15) is 0 Å². The van der Waals surface area contributed by atoms with Crippen molar-refractivity contribution in [2.45, 2.75) is 19.3 Å². The smallest absolute Gasteiger partial charge is 0.0589 e. The highest BCUT2D eigenvalue weighted by atomic mass is 15.0. The van der Waals surface area contributed by atoms with E-state index in [1.54, 1.807) is 0 Å². The molecule has 9 heavy (non-hydrogen) atoms. The Bertz CT molecular complexity index is 179. The lowest BCUT2D eigenvalue weighted by molar-refractivity contribution is 0.829. The maximum atomic E-state index is 4.28. The van der Waals surface area contributed by atoms with Gasteiger partial charge in [-0.15, -0.1) is 0 Å². The molecule has 48 valence electrons. The minimum Gasteiger partial charge on any atom is -0.382 e. The minimum atomic E-state index is 0.929. The molecule has 1 N–H and O–H groups in total. The van der Waals surface area contributed by atoms with Gasteiger partial charge in [-0.05, 0) is 19.3 Å².